The van der Waals surface area contributed by atoms with Crippen LogP contribution in [0, 0.1) is 0 Å². The number of hydrogen-bond acceptors (Lipinski definition) is 0. The van der Waals surface area contributed by atoms with Crippen LogP contribution in [-0.2, 0) is 20.0 Å². The molecule has 0 amide bonds. The van der Waals surface area contributed by atoms with Gasteiger partial charge in [-0.15, -0.1) is 0 Å². The van der Waals surface area contributed by atoms with Gasteiger partial charge in [-0.25, -0.2) is 9.13 Å². The Labute approximate surface area is 114 Å². The Morgan fingerprint density at radius 2 is 1.48 bits per heavy atom. The molecule has 0 atom stereocenters. The zero-order valence-corrected chi connectivity index (χ0v) is 10.8. The van der Waals surface area contributed by atoms with Crippen LogP contribution in [0.3, 0.4) is 0 Å². The van der Waals surface area contributed by atoms with Crippen molar-refractivity contribution in [2.45, 2.75) is 18.0 Å². The molecule has 0 bridgehead atoms. The van der Waals surface area contributed by atoms with Crippen molar-refractivity contribution in [2.24, 2.45) is 14.1 Å². The van der Waals surface area contributed by atoms with Crippen molar-refractivity contribution in [3.05, 3.63) is 30.1 Å². The van der Waals surface area contributed by atoms with Gasteiger partial charge in [-0.2, -0.15) is 30.7 Å². The van der Waals surface area contributed by atoms with E-state index in [2.05, 4.69) is 0 Å². The van der Waals surface area contributed by atoms with Crippen LogP contribution in [-0.4, -0.2) is 16.7 Å². The first-order valence-corrected chi connectivity index (χ1v) is 5.69. The summed E-state index contributed by atoms with van der Waals surface area (Å²) in [6, 6.07) is 5.62. The first kappa shape index (κ1) is 15.6. The van der Waals surface area contributed by atoms with Crippen molar-refractivity contribution in [1.29, 1.82) is 0 Å². The predicted octanol–water partition coefficient (Wildman–Crippen LogP) is 3.29. The average Bonchev–Trinajstić information content (AvgIpc) is 2.61. The molecule has 2 aromatic rings. The average molecular weight is 315 g/mol. The van der Waals surface area contributed by atoms with Gasteiger partial charge >= 0.3 is 23.8 Å². The Kier molecular flexibility index (Phi) is 3.23. The Bertz CT molecular complexity index is 646. The maximum Gasteiger partial charge on any atom is 0.460 e. The molecule has 0 spiro atoms. The van der Waals surface area contributed by atoms with E-state index in [0.29, 0.717) is 9.13 Å². The zero-order chi connectivity index (χ0) is 16.2. The summed E-state index contributed by atoms with van der Waals surface area (Å²) in [7, 11) is 2.02. The van der Waals surface area contributed by atoms with Crippen LogP contribution < -0.4 is 4.57 Å². The number of alkyl halides is 7. The fourth-order valence-corrected chi connectivity index (χ4v) is 2.22. The third kappa shape index (κ3) is 1.97. The second-order valence-corrected chi connectivity index (χ2v) is 4.58. The van der Waals surface area contributed by atoms with E-state index in [1.54, 1.807) is 0 Å². The summed E-state index contributed by atoms with van der Waals surface area (Å²) in [6.45, 7) is 0. The third-order valence-electron chi connectivity index (χ3n) is 3.27. The molecule has 0 fully saturated rings. The molecular formula is C12H10F7N2+. The maximum absolute atomic E-state index is 13.9. The summed E-state index contributed by atoms with van der Waals surface area (Å²) < 4.78 is 92.2. The van der Waals surface area contributed by atoms with Crippen molar-refractivity contribution in [2.75, 3.05) is 0 Å². The number of hydrogen-bond donors (Lipinski definition) is 0. The minimum absolute atomic E-state index is 0.118. The molecule has 0 aliphatic heterocycles. The van der Waals surface area contributed by atoms with Crippen LogP contribution in [0.15, 0.2) is 24.3 Å². The van der Waals surface area contributed by atoms with E-state index in [1.165, 1.54) is 24.3 Å². The third-order valence-corrected chi connectivity index (χ3v) is 3.27. The summed E-state index contributed by atoms with van der Waals surface area (Å²) in [6.07, 6.45) is -6.36. The predicted molar refractivity (Wildman–Crippen MR) is 59.0 cm³/mol. The number of aromatic nitrogens is 2. The second kappa shape index (κ2) is 4.35. The van der Waals surface area contributed by atoms with Gasteiger partial charge in [-0.05, 0) is 12.1 Å². The first-order chi connectivity index (χ1) is 9.43. The number of imidazole rings is 1. The largest absolute Gasteiger partial charge is 0.460 e. The molecule has 9 heteroatoms. The molecule has 2 rings (SSSR count). The van der Waals surface area contributed by atoms with E-state index in [9.17, 15) is 30.7 Å². The number of rotatable bonds is 2. The van der Waals surface area contributed by atoms with E-state index in [4.69, 9.17) is 0 Å². The van der Waals surface area contributed by atoms with Gasteiger partial charge < -0.3 is 0 Å². The smallest absolute Gasteiger partial charge is 0.224 e. The molecule has 0 unspecified atom stereocenters. The molecule has 0 aliphatic carbocycles. The summed E-state index contributed by atoms with van der Waals surface area (Å²) in [5.74, 6) is -13.0. The van der Waals surface area contributed by atoms with E-state index in [-0.39, 0.29) is 11.0 Å². The van der Waals surface area contributed by atoms with Crippen LogP contribution in [0.5, 0.6) is 0 Å². The Morgan fingerprint density at radius 3 is 1.95 bits per heavy atom. The van der Waals surface area contributed by atoms with Crippen molar-refractivity contribution < 1.29 is 35.3 Å². The molecule has 0 saturated heterocycles. The first-order valence-electron chi connectivity index (χ1n) is 5.69. The maximum atomic E-state index is 13.9. The minimum atomic E-state index is -6.36. The fraction of sp³-hybridized carbons (Fsp3) is 0.417. The van der Waals surface area contributed by atoms with E-state index >= 15 is 0 Å². The van der Waals surface area contributed by atoms with Gasteiger partial charge in [0.15, 0.2) is 11.0 Å². The number of aryl methyl sites for hydroxylation is 2. The number of fused-ring (bicyclic) bond motifs is 1. The lowest BCUT2D eigenvalue weighted by molar-refractivity contribution is -0.668. The number of para-hydroxylation sites is 2. The van der Waals surface area contributed by atoms with Crippen molar-refractivity contribution in [1.82, 2.24) is 4.57 Å². The van der Waals surface area contributed by atoms with Crippen molar-refractivity contribution in [3.63, 3.8) is 0 Å². The fourth-order valence-electron chi connectivity index (χ4n) is 2.22. The van der Waals surface area contributed by atoms with Crippen LogP contribution in [0.2, 0.25) is 0 Å². The Hall–Kier alpha value is -1.80. The second-order valence-electron chi connectivity index (χ2n) is 4.58. The van der Waals surface area contributed by atoms with Gasteiger partial charge in [0.2, 0.25) is 0 Å². The highest BCUT2D eigenvalue weighted by molar-refractivity contribution is 5.72. The lowest BCUT2D eigenvalue weighted by Crippen LogP contribution is -2.55. The van der Waals surface area contributed by atoms with Gasteiger partial charge in [-0.3, -0.25) is 0 Å². The molecule has 1 aromatic heterocycles. The number of nitrogens with zero attached hydrogens (tertiary/aromatic N) is 2. The topological polar surface area (TPSA) is 8.81 Å². The SMILES string of the molecule is Cn1c(C(F)(F)C(F)(F)C(F)(F)F)[n+](C)c2ccccc21. The quantitative estimate of drug-likeness (QED) is 0.594. The van der Waals surface area contributed by atoms with E-state index in [1.807, 2.05) is 0 Å². The van der Waals surface area contributed by atoms with Crippen molar-refractivity contribution in [3.8, 4) is 0 Å². The summed E-state index contributed by atoms with van der Waals surface area (Å²) in [5, 5.41) is 0. The summed E-state index contributed by atoms with van der Waals surface area (Å²) in [5.41, 5.74) is 0.236. The normalized spacial score (nSPS) is 14.0. The zero-order valence-electron chi connectivity index (χ0n) is 10.8. The van der Waals surface area contributed by atoms with E-state index in [0.717, 1.165) is 14.1 Å². The van der Waals surface area contributed by atoms with Crippen LogP contribution in [0.1, 0.15) is 5.82 Å². The molecule has 1 aromatic carbocycles. The standard InChI is InChI=1S/C12H10F7N2/c1-20-7-5-3-4-6-8(7)21(2)9(20)10(13,14)11(15,16)12(17,18)19/h3-6H,1-2H3/q+1. The Morgan fingerprint density at radius 1 is 0.952 bits per heavy atom. The molecule has 116 valence electrons. The Balaban J connectivity index is 2.77. The van der Waals surface area contributed by atoms with Crippen molar-refractivity contribution >= 4 is 11.0 Å². The lowest BCUT2D eigenvalue weighted by Gasteiger charge is -2.25. The van der Waals surface area contributed by atoms with Crippen LogP contribution >= 0.6 is 0 Å². The van der Waals surface area contributed by atoms with Crippen LogP contribution in [0.4, 0.5) is 30.7 Å². The molecular weight excluding hydrogens is 305 g/mol. The summed E-state index contributed by atoms with van der Waals surface area (Å²) >= 11 is 0. The molecule has 0 aliphatic rings. The molecule has 0 radical (unpaired) electrons. The molecule has 0 N–H and O–H groups in total. The molecule has 21 heavy (non-hydrogen) atoms. The summed E-state index contributed by atoms with van der Waals surface area (Å²) in [4.78, 5) is 0. The highest BCUT2D eigenvalue weighted by Crippen LogP contribution is 2.51. The van der Waals surface area contributed by atoms with Gasteiger partial charge in [0.1, 0.15) is 0 Å². The van der Waals surface area contributed by atoms with Gasteiger partial charge in [0, 0.05) is 0 Å². The van der Waals surface area contributed by atoms with Gasteiger partial charge in [-0.1, -0.05) is 12.1 Å². The monoisotopic (exact) mass is 315 g/mol. The van der Waals surface area contributed by atoms with Gasteiger partial charge in [0.05, 0.1) is 14.1 Å². The lowest BCUT2D eigenvalue weighted by atomic mass is 10.1. The van der Waals surface area contributed by atoms with Gasteiger partial charge in [0.25, 0.3) is 0 Å². The minimum Gasteiger partial charge on any atom is -0.224 e. The number of halogens is 7. The molecule has 2 nitrogen and oxygen atoms in total. The molecule has 1 heterocycles. The van der Waals surface area contributed by atoms with Crippen LogP contribution in [0.25, 0.3) is 11.0 Å². The highest BCUT2D eigenvalue weighted by Gasteiger charge is 2.77. The molecule has 0 saturated carbocycles. The highest BCUT2D eigenvalue weighted by atomic mass is 19.4. The number of benzene rings is 1. The van der Waals surface area contributed by atoms with E-state index < -0.39 is 23.8 Å².